The lowest BCUT2D eigenvalue weighted by molar-refractivity contribution is 0.210. The van der Waals surface area contributed by atoms with Crippen molar-refractivity contribution in [3.63, 3.8) is 0 Å². The van der Waals surface area contributed by atoms with Crippen LogP contribution in [0.5, 0.6) is 0 Å². The molecule has 0 aliphatic rings. The molecule has 0 heterocycles. The normalized spacial score (nSPS) is 12.1. The Morgan fingerprint density at radius 3 is 1.94 bits per heavy atom. The second kappa shape index (κ2) is 6.38. The van der Waals surface area contributed by atoms with E-state index in [0.29, 0.717) is 0 Å². The summed E-state index contributed by atoms with van der Waals surface area (Å²) in [4.78, 5) is -0.401. The maximum Gasteiger partial charge on any atom is 0.104 e. The first kappa shape index (κ1) is 16.0. The number of nitrogens with zero attached hydrogens (tertiary/aromatic N) is 1. The summed E-state index contributed by atoms with van der Waals surface area (Å²) in [7, 11) is -4.18. The third-order valence-corrected chi connectivity index (χ3v) is 4.50. The van der Waals surface area contributed by atoms with E-state index in [1.54, 1.807) is 0 Å². The van der Waals surface area contributed by atoms with E-state index in [-0.39, 0.29) is 15.1 Å². The maximum atomic E-state index is 11.9. The van der Waals surface area contributed by atoms with Crippen LogP contribution in [0.1, 0.15) is 0 Å². The Balaban J connectivity index is 3.21. The van der Waals surface area contributed by atoms with Gasteiger partial charge in [0.05, 0.1) is 14.9 Å². The lowest BCUT2D eigenvalue weighted by atomic mass is 10.4. The molecule has 0 aromatic heterocycles. The summed E-state index contributed by atoms with van der Waals surface area (Å²) >= 11 is 17.2. The average Bonchev–Trinajstić information content (AvgIpc) is 2.23. The van der Waals surface area contributed by atoms with Gasteiger partial charge in [0.1, 0.15) is 10.0 Å². The molecule has 1 aromatic carbocycles. The molecule has 18 heavy (non-hydrogen) atoms. The van der Waals surface area contributed by atoms with Crippen LogP contribution in [0.2, 0.25) is 15.1 Å². The van der Waals surface area contributed by atoms with Crippen molar-refractivity contribution < 1.29 is 18.6 Å². The molecular formula is C9H9Cl3NO4S-. The summed E-state index contributed by atoms with van der Waals surface area (Å²) in [5.74, 6) is 0. The second-order valence-electron chi connectivity index (χ2n) is 3.30. The van der Waals surface area contributed by atoms with Gasteiger partial charge in [0.15, 0.2) is 0 Å². The highest BCUT2D eigenvalue weighted by Gasteiger charge is 2.17. The molecule has 2 N–H and O–H groups in total. The highest BCUT2D eigenvalue weighted by Crippen LogP contribution is 2.35. The molecule has 0 fully saturated rings. The smallest absolute Gasteiger partial charge is 0.104 e. The number of sulfonamides is 1. The predicted octanol–water partition coefficient (Wildman–Crippen LogP) is 2.06. The fraction of sp³-hybridized carbons (Fsp3) is 0.333. The van der Waals surface area contributed by atoms with E-state index in [0.717, 1.165) is 0 Å². The fourth-order valence-corrected chi connectivity index (χ4v) is 3.79. The van der Waals surface area contributed by atoms with Crippen LogP contribution in [0.25, 0.3) is 4.72 Å². The monoisotopic (exact) mass is 332 g/mol. The Kier molecular flexibility index (Phi) is 5.67. The van der Waals surface area contributed by atoms with Gasteiger partial charge in [-0.15, -0.1) is 0 Å². The molecule has 1 rings (SSSR count). The van der Waals surface area contributed by atoms with Crippen molar-refractivity contribution in [2.24, 2.45) is 0 Å². The van der Waals surface area contributed by atoms with Gasteiger partial charge in [-0.2, -0.15) is 0 Å². The number of halogens is 3. The summed E-state index contributed by atoms with van der Waals surface area (Å²) < 4.78 is 27.2. The number of hydrogen-bond donors (Lipinski definition) is 2. The summed E-state index contributed by atoms with van der Waals surface area (Å²) in [6, 6.07) is 1.27. The molecular weight excluding hydrogens is 325 g/mol. The van der Waals surface area contributed by atoms with E-state index in [9.17, 15) is 8.42 Å². The van der Waals surface area contributed by atoms with Gasteiger partial charge in [0.2, 0.25) is 0 Å². The molecule has 0 bridgehead atoms. The predicted molar refractivity (Wildman–Crippen MR) is 70.0 cm³/mol. The Bertz CT molecular complexity index is 508. The topological polar surface area (TPSA) is 88.7 Å². The number of hydrogen-bond acceptors (Lipinski definition) is 4. The number of aliphatic hydroxyl groups excluding tert-OH is 2. The largest absolute Gasteiger partial charge is 0.538 e. The van der Waals surface area contributed by atoms with E-state index in [4.69, 9.17) is 45.0 Å². The number of rotatable bonds is 5. The van der Waals surface area contributed by atoms with Crippen molar-refractivity contribution in [1.29, 1.82) is 0 Å². The minimum Gasteiger partial charge on any atom is -0.538 e. The molecule has 1 aromatic rings. The van der Waals surface area contributed by atoms with Crippen molar-refractivity contribution >= 4 is 44.8 Å². The van der Waals surface area contributed by atoms with Gasteiger partial charge in [-0.1, -0.05) is 40.8 Å². The van der Waals surface area contributed by atoms with Crippen LogP contribution in [0.4, 0.5) is 0 Å². The maximum absolute atomic E-state index is 11.9. The van der Waals surface area contributed by atoms with E-state index in [2.05, 4.69) is 4.72 Å². The van der Waals surface area contributed by atoms with Crippen LogP contribution >= 0.6 is 34.8 Å². The van der Waals surface area contributed by atoms with Crippen molar-refractivity contribution in [2.45, 2.75) is 10.9 Å². The fourth-order valence-electron chi connectivity index (χ4n) is 1.15. The molecule has 9 heteroatoms. The van der Waals surface area contributed by atoms with Crippen molar-refractivity contribution in [1.82, 2.24) is 0 Å². The summed E-state index contributed by atoms with van der Waals surface area (Å²) in [6.07, 6.45) is 0. The van der Waals surface area contributed by atoms with Crippen LogP contribution in [0.15, 0.2) is 17.0 Å². The van der Waals surface area contributed by atoms with Gasteiger partial charge < -0.3 is 14.9 Å². The van der Waals surface area contributed by atoms with Crippen molar-refractivity contribution in [2.75, 3.05) is 13.2 Å². The van der Waals surface area contributed by atoms with Gasteiger partial charge in [-0.05, 0) is 12.1 Å². The third kappa shape index (κ3) is 3.71. The SMILES string of the molecule is O=S(=O)([N-]C(CO)CO)c1c(Cl)cc(Cl)cc1Cl. The molecule has 5 nitrogen and oxygen atoms in total. The van der Waals surface area contributed by atoms with Crippen LogP contribution in [0, 0.1) is 0 Å². The minimum absolute atomic E-state index is 0.175. The van der Waals surface area contributed by atoms with Crippen LogP contribution < -0.4 is 0 Å². The quantitative estimate of drug-likeness (QED) is 0.863. The summed E-state index contributed by atoms with van der Waals surface area (Å²) in [5.41, 5.74) is 0. The molecule has 0 radical (unpaired) electrons. The van der Waals surface area contributed by atoms with Crippen LogP contribution in [-0.2, 0) is 10.0 Å². The van der Waals surface area contributed by atoms with Crippen LogP contribution in [0.3, 0.4) is 0 Å². The molecule has 0 amide bonds. The van der Waals surface area contributed by atoms with E-state index in [1.165, 1.54) is 12.1 Å². The first-order valence-electron chi connectivity index (χ1n) is 4.65. The van der Waals surface area contributed by atoms with Crippen LogP contribution in [-0.4, -0.2) is 37.9 Å². The first-order valence-corrected chi connectivity index (χ1v) is 7.22. The van der Waals surface area contributed by atoms with E-state index >= 15 is 0 Å². The molecule has 0 spiro atoms. The van der Waals surface area contributed by atoms with Gasteiger partial charge >= 0.3 is 0 Å². The Morgan fingerprint density at radius 2 is 1.56 bits per heavy atom. The molecule has 0 saturated heterocycles. The van der Waals surface area contributed by atoms with Gasteiger partial charge in [-0.25, -0.2) is 8.42 Å². The van der Waals surface area contributed by atoms with Crippen molar-refractivity contribution in [3.05, 3.63) is 31.9 Å². The standard InChI is InChI=1S/C9H9Cl3NO4S/c10-5-1-7(11)9(8(12)2-5)18(16,17)13-6(3-14)4-15/h1-2,6,14-15H,3-4H2/q-1. The minimum atomic E-state index is -4.18. The molecule has 0 unspecified atom stereocenters. The van der Waals surface area contributed by atoms with E-state index < -0.39 is 34.2 Å². The summed E-state index contributed by atoms with van der Waals surface area (Å²) in [5, 5.41) is 17.5. The molecule has 0 aliphatic heterocycles. The number of aliphatic hydroxyl groups is 2. The zero-order valence-electron chi connectivity index (χ0n) is 8.85. The van der Waals surface area contributed by atoms with Gasteiger partial charge in [0.25, 0.3) is 0 Å². The lowest BCUT2D eigenvalue weighted by Gasteiger charge is -2.28. The Hall–Kier alpha value is -0.0800. The second-order valence-corrected chi connectivity index (χ2v) is 6.12. The average molecular weight is 334 g/mol. The molecule has 0 atom stereocenters. The van der Waals surface area contributed by atoms with Gasteiger partial charge in [-0.3, -0.25) is 0 Å². The van der Waals surface area contributed by atoms with Gasteiger partial charge in [0, 0.05) is 18.2 Å². The highest BCUT2D eigenvalue weighted by atomic mass is 35.5. The Morgan fingerprint density at radius 1 is 1.11 bits per heavy atom. The highest BCUT2D eigenvalue weighted by molar-refractivity contribution is 7.94. The molecule has 0 aliphatic carbocycles. The zero-order valence-corrected chi connectivity index (χ0v) is 11.9. The molecule has 0 saturated carbocycles. The first-order chi connectivity index (χ1) is 8.31. The van der Waals surface area contributed by atoms with Crippen molar-refractivity contribution in [3.8, 4) is 0 Å². The zero-order chi connectivity index (χ0) is 13.9. The van der Waals surface area contributed by atoms with E-state index in [1.807, 2.05) is 0 Å². The number of benzene rings is 1. The Labute approximate surface area is 119 Å². The lowest BCUT2D eigenvalue weighted by Crippen LogP contribution is -2.20. The third-order valence-electron chi connectivity index (χ3n) is 1.93. The molecule has 102 valence electrons. The summed E-state index contributed by atoms with van der Waals surface area (Å²) in [6.45, 7) is -1.23.